The van der Waals surface area contributed by atoms with E-state index in [1.54, 1.807) is 36.5 Å². The number of rotatable bonds is 6. The molecular weight excluding hydrogens is 380 g/mol. The highest BCUT2D eigenvalue weighted by Gasteiger charge is 2.18. The van der Waals surface area contributed by atoms with Crippen molar-refractivity contribution < 1.29 is 17.9 Å². The molecule has 1 aliphatic rings. The van der Waals surface area contributed by atoms with Gasteiger partial charge in [-0.3, -0.25) is 4.79 Å². The Kier molecular flexibility index (Phi) is 6.23. The van der Waals surface area contributed by atoms with E-state index in [1.165, 1.54) is 0 Å². The van der Waals surface area contributed by atoms with Crippen molar-refractivity contribution in [3.05, 3.63) is 53.7 Å². The lowest BCUT2D eigenvalue weighted by molar-refractivity contribution is -0.113. The van der Waals surface area contributed by atoms with Crippen molar-refractivity contribution in [2.75, 3.05) is 42.3 Å². The zero-order valence-corrected chi connectivity index (χ0v) is 16.0. The Balaban J connectivity index is 1.55. The number of nitriles is 1. The molecule has 1 saturated heterocycles. The molecule has 8 nitrogen and oxygen atoms in total. The predicted octanol–water partition coefficient (Wildman–Crippen LogP) is 1.34. The van der Waals surface area contributed by atoms with Crippen LogP contribution in [-0.4, -0.2) is 51.4 Å². The Morgan fingerprint density at radius 1 is 1.18 bits per heavy atom. The minimum absolute atomic E-state index is 0.268. The van der Waals surface area contributed by atoms with Crippen LogP contribution in [0, 0.1) is 11.3 Å². The van der Waals surface area contributed by atoms with E-state index < -0.39 is 21.5 Å². The Morgan fingerprint density at radius 3 is 2.50 bits per heavy atom. The summed E-state index contributed by atoms with van der Waals surface area (Å²) in [5, 5.41) is 11.3. The maximum Gasteiger partial charge on any atom is 0.240 e. The molecule has 0 aliphatic carbocycles. The number of sulfone groups is 1. The first-order valence-corrected chi connectivity index (χ1v) is 10.6. The molecular formula is C19H20N4O4S. The molecule has 1 aromatic heterocycles. The molecule has 0 atom stereocenters. The smallest absolute Gasteiger partial charge is 0.240 e. The number of pyridine rings is 1. The SMILES string of the molecule is N#Cc1ccc(CS(=O)(=O)CC(=O)Nc2ccc(N3CCOCC3)cn2)cc1. The summed E-state index contributed by atoms with van der Waals surface area (Å²) >= 11 is 0. The highest BCUT2D eigenvalue weighted by atomic mass is 32.2. The average molecular weight is 400 g/mol. The summed E-state index contributed by atoms with van der Waals surface area (Å²) in [6, 6.07) is 11.7. The molecule has 2 heterocycles. The number of carbonyl (C=O) groups is 1. The van der Waals surface area contributed by atoms with E-state index in [0.717, 1.165) is 18.8 Å². The maximum absolute atomic E-state index is 12.3. The molecule has 0 saturated carbocycles. The molecule has 1 aliphatic heterocycles. The third-order valence-electron chi connectivity index (χ3n) is 4.21. The van der Waals surface area contributed by atoms with Crippen LogP contribution in [0.15, 0.2) is 42.6 Å². The topological polar surface area (TPSA) is 112 Å². The van der Waals surface area contributed by atoms with Gasteiger partial charge in [0.05, 0.1) is 42.5 Å². The third-order valence-corrected chi connectivity index (χ3v) is 5.69. The molecule has 0 bridgehead atoms. The zero-order valence-electron chi connectivity index (χ0n) is 15.2. The molecule has 0 radical (unpaired) electrons. The fourth-order valence-corrected chi connectivity index (χ4v) is 4.10. The molecule has 2 aromatic rings. The van der Waals surface area contributed by atoms with E-state index in [4.69, 9.17) is 10.00 Å². The van der Waals surface area contributed by atoms with Crippen LogP contribution in [0.2, 0.25) is 0 Å². The second kappa shape index (κ2) is 8.82. The first-order valence-electron chi connectivity index (χ1n) is 8.73. The van der Waals surface area contributed by atoms with Gasteiger partial charge in [0.25, 0.3) is 0 Å². The van der Waals surface area contributed by atoms with Crippen molar-refractivity contribution in [2.45, 2.75) is 5.75 Å². The molecule has 1 N–H and O–H groups in total. The van der Waals surface area contributed by atoms with Gasteiger partial charge >= 0.3 is 0 Å². The van der Waals surface area contributed by atoms with Crippen LogP contribution in [-0.2, 0) is 25.1 Å². The molecule has 1 aromatic carbocycles. The lowest BCUT2D eigenvalue weighted by Crippen LogP contribution is -2.36. The molecule has 28 heavy (non-hydrogen) atoms. The second-order valence-corrected chi connectivity index (χ2v) is 8.45. The Labute approximate surface area is 163 Å². The summed E-state index contributed by atoms with van der Waals surface area (Å²) in [4.78, 5) is 18.4. The maximum atomic E-state index is 12.3. The number of ether oxygens (including phenoxy) is 1. The molecule has 146 valence electrons. The fraction of sp³-hybridized carbons (Fsp3) is 0.316. The summed E-state index contributed by atoms with van der Waals surface area (Å²) in [5.41, 5.74) is 1.90. The zero-order chi connectivity index (χ0) is 20.0. The number of morpholine rings is 1. The van der Waals surface area contributed by atoms with Crippen LogP contribution in [0.3, 0.4) is 0 Å². The van der Waals surface area contributed by atoms with E-state index in [1.807, 2.05) is 12.1 Å². The van der Waals surface area contributed by atoms with Gasteiger partial charge < -0.3 is 15.0 Å². The van der Waals surface area contributed by atoms with Crippen LogP contribution in [0.4, 0.5) is 11.5 Å². The summed E-state index contributed by atoms with van der Waals surface area (Å²) in [7, 11) is -3.64. The van der Waals surface area contributed by atoms with Gasteiger partial charge in [0.2, 0.25) is 5.91 Å². The first kappa shape index (κ1) is 19.8. The standard InChI is InChI=1S/C19H20N4O4S/c20-11-15-1-3-16(4-2-15)13-28(25,26)14-19(24)22-18-6-5-17(12-21-18)23-7-9-27-10-8-23/h1-6,12H,7-10,13-14H2,(H,21,22,24). The Bertz CT molecular complexity index is 960. The minimum atomic E-state index is -3.64. The summed E-state index contributed by atoms with van der Waals surface area (Å²) in [6.07, 6.45) is 1.65. The van der Waals surface area contributed by atoms with Crippen LogP contribution in [0.1, 0.15) is 11.1 Å². The number of amides is 1. The normalized spacial score (nSPS) is 14.3. The van der Waals surface area contributed by atoms with Crippen molar-refractivity contribution in [1.82, 2.24) is 4.98 Å². The Hall–Kier alpha value is -2.96. The van der Waals surface area contributed by atoms with E-state index in [0.29, 0.717) is 30.2 Å². The van der Waals surface area contributed by atoms with Gasteiger partial charge in [-0.05, 0) is 29.8 Å². The van der Waals surface area contributed by atoms with E-state index in [-0.39, 0.29) is 5.75 Å². The number of aromatic nitrogens is 1. The lowest BCUT2D eigenvalue weighted by atomic mass is 10.2. The summed E-state index contributed by atoms with van der Waals surface area (Å²) in [5.74, 6) is -1.24. The minimum Gasteiger partial charge on any atom is -0.378 e. The number of hydrogen-bond donors (Lipinski definition) is 1. The number of nitrogens with one attached hydrogen (secondary N) is 1. The van der Waals surface area contributed by atoms with E-state index in [9.17, 15) is 13.2 Å². The van der Waals surface area contributed by atoms with Gasteiger partial charge in [-0.2, -0.15) is 5.26 Å². The van der Waals surface area contributed by atoms with Gasteiger partial charge in [0, 0.05) is 13.1 Å². The van der Waals surface area contributed by atoms with Crippen LogP contribution >= 0.6 is 0 Å². The van der Waals surface area contributed by atoms with Gasteiger partial charge in [-0.15, -0.1) is 0 Å². The third kappa shape index (κ3) is 5.52. The number of carbonyl (C=O) groups excluding carboxylic acids is 1. The van der Waals surface area contributed by atoms with Gasteiger partial charge in [-0.1, -0.05) is 12.1 Å². The number of benzene rings is 1. The highest BCUT2D eigenvalue weighted by Crippen LogP contribution is 2.16. The summed E-state index contributed by atoms with van der Waals surface area (Å²) in [6.45, 7) is 2.88. The average Bonchev–Trinajstić information content (AvgIpc) is 2.69. The molecule has 9 heteroatoms. The van der Waals surface area contributed by atoms with E-state index in [2.05, 4.69) is 15.2 Å². The number of nitrogens with zero attached hydrogens (tertiary/aromatic N) is 3. The molecule has 0 spiro atoms. The first-order chi connectivity index (χ1) is 13.4. The molecule has 1 fully saturated rings. The monoisotopic (exact) mass is 400 g/mol. The number of hydrogen-bond acceptors (Lipinski definition) is 7. The fourth-order valence-electron chi connectivity index (χ4n) is 2.83. The van der Waals surface area contributed by atoms with Crippen molar-refractivity contribution in [2.24, 2.45) is 0 Å². The van der Waals surface area contributed by atoms with Gasteiger partial charge in [0.1, 0.15) is 11.6 Å². The van der Waals surface area contributed by atoms with Crippen LogP contribution in [0.5, 0.6) is 0 Å². The predicted molar refractivity (Wildman–Crippen MR) is 105 cm³/mol. The van der Waals surface area contributed by atoms with Gasteiger partial charge in [0.15, 0.2) is 9.84 Å². The lowest BCUT2D eigenvalue weighted by Gasteiger charge is -2.28. The largest absolute Gasteiger partial charge is 0.378 e. The highest BCUT2D eigenvalue weighted by molar-refractivity contribution is 7.91. The molecule has 3 rings (SSSR count). The van der Waals surface area contributed by atoms with Crippen LogP contribution < -0.4 is 10.2 Å². The molecule has 0 unspecified atom stereocenters. The van der Waals surface area contributed by atoms with Gasteiger partial charge in [-0.25, -0.2) is 13.4 Å². The summed E-state index contributed by atoms with van der Waals surface area (Å²) < 4.78 is 29.8. The number of anilines is 2. The van der Waals surface area contributed by atoms with Crippen molar-refractivity contribution in [1.29, 1.82) is 5.26 Å². The van der Waals surface area contributed by atoms with Crippen LogP contribution in [0.25, 0.3) is 0 Å². The van der Waals surface area contributed by atoms with Crippen molar-refractivity contribution >= 4 is 27.2 Å². The van der Waals surface area contributed by atoms with Crippen molar-refractivity contribution in [3.8, 4) is 6.07 Å². The van der Waals surface area contributed by atoms with Crippen molar-refractivity contribution in [3.63, 3.8) is 0 Å². The quantitative estimate of drug-likeness (QED) is 0.779. The van der Waals surface area contributed by atoms with E-state index >= 15 is 0 Å². The molecule has 1 amide bonds. The Morgan fingerprint density at radius 2 is 1.89 bits per heavy atom. The second-order valence-electron chi connectivity index (χ2n) is 6.39.